The molecular weight excluding hydrogens is 336 g/mol. The number of benzene rings is 1. The second-order valence-corrected chi connectivity index (χ2v) is 6.39. The quantitative estimate of drug-likeness (QED) is 0.726. The van der Waals surface area contributed by atoms with Crippen molar-refractivity contribution in [3.8, 4) is 5.75 Å². The number of furan rings is 1. The highest BCUT2D eigenvalue weighted by Gasteiger charge is 2.22. The topological polar surface area (TPSA) is 119 Å². The van der Waals surface area contributed by atoms with Gasteiger partial charge < -0.3 is 14.3 Å². The molecule has 2 N–H and O–H groups in total. The lowest BCUT2D eigenvalue weighted by Crippen LogP contribution is -2.13. The van der Waals surface area contributed by atoms with Crippen LogP contribution in [0.15, 0.2) is 52.1 Å². The maximum atomic E-state index is 12.4. The molecule has 0 radical (unpaired) electrons. The number of carbonyl (C=O) groups is 1. The molecule has 2 aromatic heterocycles. The van der Waals surface area contributed by atoms with Crippen LogP contribution in [0.25, 0.3) is 10.9 Å². The number of aromatic nitrogens is 1. The molecule has 0 amide bonds. The minimum atomic E-state index is -4.12. The number of anilines is 1. The summed E-state index contributed by atoms with van der Waals surface area (Å²) in [6.45, 7) is 0. The number of nitrogens with one attached hydrogen (secondary N) is 1. The third-order valence-corrected chi connectivity index (χ3v) is 4.45. The van der Waals surface area contributed by atoms with Crippen molar-refractivity contribution in [3.63, 3.8) is 0 Å². The van der Waals surface area contributed by atoms with Crippen LogP contribution in [0.5, 0.6) is 5.75 Å². The predicted molar refractivity (Wildman–Crippen MR) is 84.8 cm³/mol. The molecular formula is C15H12N2O6S. The Labute approximate surface area is 136 Å². The van der Waals surface area contributed by atoms with Gasteiger partial charge >= 0.3 is 5.97 Å². The summed E-state index contributed by atoms with van der Waals surface area (Å²) < 4.78 is 37.2. The summed E-state index contributed by atoms with van der Waals surface area (Å²) >= 11 is 0. The molecule has 24 heavy (non-hydrogen) atoms. The number of rotatable bonds is 5. The van der Waals surface area contributed by atoms with E-state index in [1.165, 1.54) is 19.4 Å². The van der Waals surface area contributed by atoms with E-state index < -0.39 is 26.8 Å². The highest BCUT2D eigenvalue weighted by atomic mass is 32.2. The van der Waals surface area contributed by atoms with Crippen molar-refractivity contribution in [1.82, 2.24) is 4.98 Å². The van der Waals surface area contributed by atoms with Gasteiger partial charge in [-0.15, -0.1) is 0 Å². The first-order chi connectivity index (χ1) is 11.4. The molecule has 0 saturated heterocycles. The second kappa shape index (κ2) is 5.85. The average Bonchev–Trinajstić information content (AvgIpc) is 3.05. The maximum Gasteiger partial charge on any atom is 0.371 e. The fourth-order valence-electron chi connectivity index (χ4n) is 2.14. The van der Waals surface area contributed by atoms with Crippen molar-refractivity contribution in [2.45, 2.75) is 5.09 Å². The Balaban J connectivity index is 2.06. The Hall–Kier alpha value is -3.07. The number of ether oxygens (including phenoxy) is 1. The number of hydrogen-bond donors (Lipinski definition) is 2. The molecule has 1 aromatic carbocycles. The zero-order valence-corrected chi connectivity index (χ0v) is 13.2. The summed E-state index contributed by atoms with van der Waals surface area (Å²) in [6, 6.07) is 8.81. The number of aromatic carboxylic acids is 1. The maximum absolute atomic E-state index is 12.4. The lowest BCUT2D eigenvalue weighted by Gasteiger charge is -2.10. The summed E-state index contributed by atoms with van der Waals surface area (Å²) in [7, 11) is -2.66. The van der Waals surface area contributed by atoms with Gasteiger partial charge in [0, 0.05) is 17.6 Å². The predicted octanol–water partition coefficient (Wildman–Crippen LogP) is 2.34. The van der Waals surface area contributed by atoms with Crippen LogP contribution < -0.4 is 9.46 Å². The fourth-order valence-corrected chi connectivity index (χ4v) is 3.13. The number of methoxy groups -OCH3 is 1. The monoisotopic (exact) mass is 348 g/mol. The number of carboxylic acids is 1. The highest BCUT2D eigenvalue weighted by molar-refractivity contribution is 7.92. The van der Waals surface area contributed by atoms with Crippen molar-refractivity contribution < 1.29 is 27.5 Å². The van der Waals surface area contributed by atoms with Crippen LogP contribution in [0, 0.1) is 0 Å². The van der Waals surface area contributed by atoms with Gasteiger partial charge in [0.15, 0.2) is 0 Å². The first-order valence-electron chi connectivity index (χ1n) is 6.69. The van der Waals surface area contributed by atoms with Crippen LogP contribution in [-0.2, 0) is 10.0 Å². The number of nitrogens with zero attached hydrogens (tertiary/aromatic N) is 1. The Kier molecular flexibility index (Phi) is 3.86. The summed E-state index contributed by atoms with van der Waals surface area (Å²) in [4.78, 5) is 15.0. The first kappa shape index (κ1) is 15.8. The lowest BCUT2D eigenvalue weighted by atomic mass is 10.2. The lowest BCUT2D eigenvalue weighted by molar-refractivity contribution is 0.0656. The van der Waals surface area contributed by atoms with E-state index in [1.54, 1.807) is 18.2 Å². The molecule has 2 heterocycles. The van der Waals surface area contributed by atoms with Crippen molar-refractivity contribution in [1.29, 1.82) is 0 Å². The minimum Gasteiger partial charge on any atom is -0.497 e. The van der Waals surface area contributed by atoms with Gasteiger partial charge in [0.1, 0.15) is 5.75 Å². The number of hydrogen-bond acceptors (Lipinski definition) is 6. The highest BCUT2D eigenvalue weighted by Crippen LogP contribution is 2.29. The minimum absolute atomic E-state index is 0.193. The molecule has 0 fully saturated rings. The van der Waals surface area contributed by atoms with Gasteiger partial charge in [-0.2, -0.15) is 8.42 Å². The standard InChI is InChI=1S/C15H12N2O6S/c1-22-10-7-9-3-2-6-16-14(9)11(8-10)17-24(20,21)13-5-4-12(23-13)15(18)19/h2-8,17H,1H3,(H,18,19). The van der Waals surface area contributed by atoms with E-state index in [0.717, 1.165) is 12.1 Å². The summed E-state index contributed by atoms with van der Waals surface area (Å²) in [5.74, 6) is -1.38. The van der Waals surface area contributed by atoms with Gasteiger partial charge in [0.2, 0.25) is 10.9 Å². The van der Waals surface area contributed by atoms with Crippen LogP contribution in [0.1, 0.15) is 10.6 Å². The molecule has 124 valence electrons. The zero-order valence-electron chi connectivity index (χ0n) is 12.4. The molecule has 0 bridgehead atoms. The number of sulfonamides is 1. The number of pyridine rings is 1. The Bertz CT molecular complexity index is 1030. The number of carboxylic acid groups (broad SMARTS) is 1. The molecule has 0 aliphatic rings. The summed E-state index contributed by atoms with van der Waals surface area (Å²) in [6.07, 6.45) is 1.53. The zero-order chi connectivity index (χ0) is 17.3. The molecule has 3 aromatic rings. The van der Waals surface area contributed by atoms with E-state index in [2.05, 4.69) is 9.71 Å². The average molecular weight is 348 g/mol. The third-order valence-electron chi connectivity index (χ3n) is 3.22. The van der Waals surface area contributed by atoms with E-state index in [4.69, 9.17) is 14.3 Å². The van der Waals surface area contributed by atoms with E-state index in [0.29, 0.717) is 16.7 Å². The fraction of sp³-hybridized carbons (Fsp3) is 0.0667. The second-order valence-electron chi connectivity index (χ2n) is 4.78. The largest absolute Gasteiger partial charge is 0.497 e. The molecule has 0 spiro atoms. The first-order valence-corrected chi connectivity index (χ1v) is 8.18. The van der Waals surface area contributed by atoms with Gasteiger partial charge in [-0.25, -0.2) is 4.79 Å². The number of fused-ring (bicyclic) bond motifs is 1. The summed E-state index contributed by atoms with van der Waals surface area (Å²) in [5, 5.41) is 9.00. The van der Waals surface area contributed by atoms with Gasteiger partial charge in [-0.1, -0.05) is 6.07 Å². The molecule has 0 unspecified atom stereocenters. The van der Waals surface area contributed by atoms with Crippen molar-refractivity contribution >= 4 is 32.6 Å². The Morgan fingerprint density at radius 2 is 2.08 bits per heavy atom. The van der Waals surface area contributed by atoms with E-state index in [1.807, 2.05) is 0 Å². The van der Waals surface area contributed by atoms with Crippen LogP contribution in [-0.4, -0.2) is 31.6 Å². The molecule has 3 rings (SSSR count). The molecule has 9 heteroatoms. The van der Waals surface area contributed by atoms with Crippen LogP contribution in [0.3, 0.4) is 0 Å². The van der Waals surface area contributed by atoms with Crippen molar-refractivity contribution in [3.05, 3.63) is 48.4 Å². The van der Waals surface area contributed by atoms with Crippen molar-refractivity contribution in [2.24, 2.45) is 0 Å². The van der Waals surface area contributed by atoms with Gasteiger partial charge in [-0.3, -0.25) is 9.71 Å². The Morgan fingerprint density at radius 1 is 1.29 bits per heavy atom. The van der Waals surface area contributed by atoms with Crippen LogP contribution in [0.2, 0.25) is 0 Å². The molecule has 0 aliphatic heterocycles. The summed E-state index contributed by atoms with van der Waals surface area (Å²) in [5.41, 5.74) is 0.616. The molecule has 0 atom stereocenters. The van der Waals surface area contributed by atoms with E-state index >= 15 is 0 Å². The van der Waals surface area contributed by atoms with Gasteiger partial charge in [0.25, 0.3) is 10.0 Å². The van der Waals surface area contributed by atoms with Gasteiger partial charge in [0.05, 0.1) is 18.3 Å². The molecule has 0 aliphatic carbocycles. The smallest absolute Gasteiger partial charge is 0.371 e. The third kappa shape index (κ3) is 2.88. The molecule has 8 nitrogen and oxygen atoms in total. The normalized spacial score (nSPS) is 11.4. The van der Waals surface area contributed by atoms with Crippen LogP contribution >= 0.6 is 0 Å². The van der Waals surface area contributed by atoms with Crippen LogP contribution in [0.4, 0.5) is 5.69 Å². The van der Waals surface area contributed by atoms with E-state index in [-0.39, 0.29) is 5.69 Å². The van der Waals surface area contributed by atoms with Crippen molar-refractivity contribution in [2.75, 3.05) is 11.8 Å². The Morgan fingerprint density at radius 3 is 2.75 bits per heavy atom. The molecule has 0 saturated carbocycles. The SMILES string of the molecule is COc1cc(NS(=O)(=O)c2ccc(C(=O)O)o2)c2ncccc2c1. The van der Waals surface area contributed by atoms with E-state index in [9.17, 15) is 13.2 Å². The van der Waals surface area contributed by atoms with Gasteiger partial charge in [-0.05, 0) is 24.3 Å².